The molecule has 0 radical (unpaired) electrons. The highest BCUT2D eigenvalue weighted by Gasteiger charge is 2.19. The van der Waals surface area contributed by atoms with Gasteiger partial charge in [0.15, 0.2) is 0 Å². The molecule has 15 heavy (non-hydrogen) atoms. The highest BCUT2D eigenvalue weighted by atomic mass is 16.5. The summed E-state index contributed by atoms with van der Waals surface area (Å²) in [5.41, 5.74) is 1.64. The number of hydrogen-bond donors (Lipinski definition) is 1. The largest absolute Gasteiger partial charge is 0.467 e. The number of aromatic amines is 1. The summed E-state index contributed by atoms with van der Waals surface area (Å²) >= 11 is 0. The van der Waals surface area contributed by atoms with E-state index in [-0.39, 0.29) is 5.56 Å². The summed E-state index contributed by atoms with van der Waals surface area (Å²) in [7, 11) is 1.50. The standard InChI is InChI=1S/C9H10N4O2/c1-15-9-11-8-10-6-4-2-3-5(6)7(14)13(8)12-9/h2-4H2,1H3,(H,10,11,12). The number of aromatic nitrogens is 4. The Labute approximate surface area is 84.9 Å². The predicted octanol–water partition coefficient (Wildman–Crippen LogP) is -0.0851. The summed E-state index contributed by atoms with van der Waals surface area (Å²) in [6.45, 7) is 0. The normalized spacial score (nSPS) is 14.5. The van der Waals surface area contributed by atoms with Gasteiger partial charge in [-0.05, 0) is 19.3 Å². The number of aryl methyl sites for hydroxylation is 1. The SMILES string of the molecule is COc1nc2nc3c(c(=O)n2[nH]1)CCC3. The van der Waals surface area contributed by atoms with Crippen molar-refractivity contribution in [3.8, 4) is 6.01 Å². The van der Waals surface area contributed by atoms with Crippen molar-refractivity contribution in [2.45, 2.75) is 19.3 Å². The predicted molar refractivity (Wildman–Crippen MR) is 52.2 cm³/mol. The molecule has 2 aromatic rings. The molecular weight excluding hydrogens is 196 g/mol. The molecule has 1 aliphatic rings. The first-order valence-electron chi connectivity index (χ1n) is 4.84. The van der Waals surface area contributed by atoms with Crippen molar-refractivity contribution in [2.24, 2.45) is 0 Å². The number of fused-ring (bicyclic) bond motifs is 2. The van der Waals surface area contributed by atoms with Gasteiger partial charge in [0.2, 0.25) is 0 Å². The van der Waals surface area contributed by atoms with E-state index in [0.717, 1.165) is 30.5 Å². The molecule has 78 valence electrons. The van der Waals surface area contributed by atoms with Crippen LogP contribution in [0.25, 0.3) is 5.78 Å². The summed E-state index contributed by atoms with van der Waals surface area (Å²) in [5, 5.41) is 2.75. The molecule has 6 heteroatoms. The van der Waals surface area contributed by atoms with Crippen LogP contribution in [-0.4, -0.2) is 26.7 Å². The number of rotatable bonds is 1. The molecule has 0 spiro atoms. The fourth-order valence-corrected chi connectivity index (χ4v) is 1.96. The summed E-state index contributed by atoms with van der Waals surface area (Å²) in [6, 6.07) is 0.309. The van der Waals surface area contributed by atoms with E-state index in [9.17, 15) is 4.79 Å². The molecule has 1 N–H and O–H groups in total. The second-order valence-corrected chi connectivity index (χ2v) is 3.56. The summed E-state index contributed by atoms with van der Waals surface area (Å²) in [4.78, 5) is 20.3. The van der Waals surface area contributed by atoms with Crippen LogP contribution in [0.4, 0.5) is 0 Å². The van der Waals surface area contributed by atoms with Crippen LogP contribution < -0.4 is 10.3 Å². The van der Waals surface area contributed by atoms with Gasteiger partial charge in [-0.1, -0.05) is 0 Å². The smallest absolute Gasteiger partial charge is 0.312 e. The quantitative estimate of drug-likeness (QED) is 0.708. The lowest BCUT2D eigenvalue weighted by molar-refractivity contribution is 0.380. The van der Waals surface area contributed by atoms with E-state index in [4.69, 9.17) is 4.74 Å². The number of nitrogens with zero attached hydrogens (tertiary/aromatic N) is 3. The Balaban J connectivity index is 2.38. The minimum absolute atomic E-state index is 0.0525. The molecule has 2 aromatic heterocycles. The fraction of sp³-hybridized carbons (Fsp3) is 0.444. The van der Waals surface area contributed by atoms with Gasteiger partial charge in [0.25, 0.3) is 11.3 Å². The molecule has 2 heterocycles. The van der Waals surface area contributed by atoms with Crippen molar-refractivity contribution in [1.29, 1.82) is 0 Å². The highest BCUT2D eigenvalue weighted by molar-refractivity contribution is 5.35. The van der Waals surface area contributed by atoms with Crippen molar-refractivity contribution in [2.75, 3.05) is 7.11 Å². The van der Waals surface area contributed by atoms with Gasteiger partial charge in [-0.3, -0.25) is 4.79 Å². The zero-order chi connectivity index (χ0) is 10.4. The maximum Gasteiger partial charge on any atom is 0.312 e. The number of methoxy groups -OCH3 is 1. The van der Waals surface area contributed by atoms with Crippen LogP contribution in [0.2, 0.25) is 0 Å². The van der Waals surface area contributed by atoms with Gasteiger partial charge >= 0.3 is 6.01 Å². The van der Waals surface area contributed by atoms with Crippen LogP contribution in [-0.2, 0) is 12.8 Å². The van der Waals surface area contributed by atoms with Gasteiger partial charge < -0.3 is 4.74 Å². The van der Waals surface area contributed by atoms with Crippen LogP contribution in [0.3, 0.4) is 0 Å². The lowest BCUT2D eigenvalue weighted by Gasteiger charge is -1.96. The lowest BCUT2D eigenvalue weighted by Crippen LogP contribution is -2.20. The third kappa shape index (κ3) is 1.07. The van der Waals surface area contributed by atoms with Gasteiger partial charge in [-0.2, -0.15) is 9.50 Å². The Hall–Kier alpha value is -1.85. The Morgan fingerprint density at radius 2 is 2.27 bits per heavy atom. The monoisotopic (exact) mass is 206 g/mol. The third-order valence-corrected chi connectivity index (χ3v) is 2.69. The highest BCUT2D eigenvalue weighted by Crippen LogP contribution is 2.16. The van der Waals surface area contributed by atoms with E-state index in [0.29, 0.717) is 11.8 Å². The first kappa shape index (κ1) is 8.46. The second kappa shape index (κ2) is 2.82. The van der Waals surface area contributed by atoms with Crippen molar-refractivity contribution in [1.82, 2.24) is 19.6 Å². The van der Waals surface area contributed by atoms with E-state index in [1.807, 2.05) is 0 Å². The van der Waals surface area contributed by atoms with E-state index >= 15 is 0 Å². The van der Waals surface area contributed by atoms with E-state index in [2.05, 4.69) is 15.1 Å². The molecule has 0 aliphatic heterocycles. The van der Waals surface area contributed by atoms with Crippen molar-refractivity contribution >= 4 is 5.78 Å². The molecule has 0 bridgehead atoms. The van der Waals surface area contributed by atoms with Crippen LogP contribution in [0, 0.1) is 0 Å². The summed E-state index contributed by atoms with van der Waals surface area (Å²) < 4.78 is 6.26. The van der Waals surface area contributed by atoms with E-state index in [1.165, 1.54) is 11.6 Å². The molecule has 0 saturated carbocycles. The maximum absolute atomic E-state index is 11.9. The molecule has 0 atom stereocenters. The minimum atomic E-state index is -0.0525. The molecule has 6 nitrogen and oxygen atoms in total. The van der Waals surface area contributed by atoms with Crippen molar-refractivity contribution in [3.63, 3.8) is 0 Å². The molecule has 0 unspecified atom stereocenters. The summed E-state index contributed by atoms with van der Waals surface area (Å²) in [6.07, 6.45) is 2.68. The second-order valence-electron chi connectivity index (χ2n) is 3.56. The number of ether oxygens (including phenoxy) is 1. The maximum atomic E-state index is 11.9. The molecule has 3 rings (SSSR count). The Bertz CT molecular complexity index is 584. The zero-order valence-electron chi connectivity index (χ0n) is 8.28. The lowest BCUT2D eigenvalue weighted by atomic mass is 10.3. The van der Waals surface area contributed by atoms with E-state index < -0.39 is 0 Å². The van der Waals surface area contributed by atoms with Gasteiger partial charge in [0.1, 0.15) is 0 Å². The van der Waals surface area contributed by atoms with Crippen molar-refractivity contribution in [3.05, 3.63) is 21.6 Å². The fourth-order valence-electron chi connectivity index (χ4n) is 1.96. The summed E-state index contributed by atoms with van der Waals surface area (Å²) in [5.74, 6) is 0.387. The van der Waals surface area contributed by atoms with Crippen LogP contribution >= 0.6 is 0 Å². The van der Waals surface area contributed by atoms with Gasteiger partial charge in [0.05, 0.1) is 12.8 Å². The number of H-pyrrole nitrogens is 1. The van der Waals surface area contributed by atoms with E-state index in [1.54, 1.807) is 0 Å². The van der Waals surface area contributed by atoms with Crippen LogP contribution in [0.5, 0.6) is 6.01 Å². The number of nitrogens with one attached hydrogen (secondary N) is 1. The average Bonchev–Trinajstić information content (AvgIpc) is 2.83. The molecular formula is C9H10N4O2. The van der Waals surface area contributed by atoms with Crippen LogP contribution in [0.1, 0.15) is 17.7 Å². The molecule has 0 saturated heterocycles. The average molecular weight is 206 g/mol. The Morgan fingerprint density at radius 1 is 1.40 bits per heavy atom. The third-order valence-electron chi connectivity index (χ3n) is 2.69. The van der Waals surface area contributed by atoms with Gasteiger partial charge in [-0.15, -0.1) is 0 Å². The molecule has 1 aliphatic carbocycles. The molecule has 0 amide bonds. The Morgan fingerprint density at radius 3 is 3.07 bits per heavy atom. The Kier molecular flexibility index (Phi) is 1.59. The molecule has 0 aromatic carbocycles. The molecule has 0 fully saturated rings. The topological polar surface area (TPSA) is 72.3 Å². The first-order valence-corrected chi connectivity index (χ1v) is 4.84. The van der Waals surface area contributed by atoms with Crippen molar-refractivity contribution < 1.29 is 4.74 Å². The zero-order valence-corrected chi connectivity index (χ0v) is 8.28. The first-order chi connectivity index (χ1) is 7.29. The van der Waals surface area contributed by atoms with Gasteiger partial charge in [0, 0.05) is 5.56 Å². The number of hydrogen-bond acceptors (Lipinski definition) is 4. The van der Waals surface area contributed by atoms with Gasteiger partial charge in [-0.25, -0.2) is 10.1 Å². The van der Waals surface area contributed by atoms with Crippen LogP contribution in [0.15, 0.2) is 4.79 Å². The minimum Gasteiger partial charge on any atom is -0.467 e.